The van der Waals surface area contributed by atoms with Crippen LogP contribution in [-0.4, -0.2) is 30.6 Å². The normalized spacial score (nSPS) is 17.3. The zero-order valence-corrected chi connectivity index (χ0v) is 11.1. The first-order chi connectivity index (χ1) is 8.74. The molecule has 0 spiro atoms. The summed E-state index contributed by atoms with van der Waals surface area (Å²) in [5.74, 6) is -0.141. The molecule has 1 aromatic rings. The number of carbonyl (C=O) groups is 1. The summed E-state index contributed by atoms with van der Waals surface area (Å²) < 4.78 is 5.22. The molecule has 18 heavy (non-hydrogen) atoms. The highest BCUT2D eigenvalue weighted by atomic mass is 16.5. The van der Waals surface area contributed by atoms with Crippen molar-refractivity contribution in [3.8, 4) is 0 Å². The maximum Gasteiger partial charge on any atom is 0.327 e. The van der Waals surface area contributed by atoms with E-state index in [1.807, 2.05) is 44.3 Å². The number of likely N-dealkylation sites (N-methyl/N-ethyl adjacent to an activating group) is 1. The predicted molar refractivity (Wildman–Crippen MR) is 71.2 cm³/mol. The molecule has 1 atom stereocenters. The van der Waals surface area contributed by atoms with Gasteiger partial charge in [0.2, 0.25) is 0 Å². The van der Waals surface area contributed by atoms with Crippen LogP contribution in [0.2, 0.25) is 0 Å². The van der Waals surface area contributed by atoms with Crippen LogP contribution < -0.4 is 0 Å². The first-order valence-electron chi connectivity index (χ1n) is 6.67. The van der Waals surface area contributed by atoms with E-state index in [4.69, 9.17) is 4.74 Å². The van der Waals surface area contributed by atoms with E-state index in [1.165, 1.54) is 19.3 Å². The van der Waals surface area contributed by atoms with Crippen molar-refractivity contribution in [1.82, 2.24) is 4.90 Å². The molecule has 0 aliphatic heterocycles. The van der Waals surface area contributed by atoms with Crippen LogP contribution in [0.15, 0.2) is 30.3 Å². The Kier molecular flexibility index (Phi) is 4.37. The summed E-state index contributed by atoms with van der Waals surface area (Å²) in [7, 11) is 2.03. The van der Waals surface area contributed by atoms with Gasteiger partial charge >= 0.3 is 5.97 Å². The van der Waals surface area contributed by atoms with Crippen molar-refractivity contribution in [3.63, 3.8) is 0 Å². The number of rotatable bonds is 5. The Hall–Kier alpha value is -1.35. The molecule has 3 nitrogen and oxygen atoms in total. The highest BCUT2D eigenvalue weighted by Crippen LogP contribution is 2.31. The molecule has 1 aliphatic carbocycles. The summed E-state index contributed by atoms with van der Waals surface area (Å²) in [5.41, 5.74) is 1.02. The van der Waals surface area contributed by atoms with Crippen molar-refractivity contribution in [2.75, 3.05) is 13.7 Å². The summed E-state index contributed by atoms with van der Waals surface area (Å²) in [6.45, 7) is 2.28. The van der Waals surface area contributed by atoms with Crippen molar-refractivity contribution < 1.29 is 9.53 Å². The number of nitrogens with zero attached hydrogens (tertiary/aromatic N) is 1. The van der Waals surface area contributed by atoms with E-state index in [2.05, 4.69) is 4.90 Å². The molecule has 3 heteroatoms. The van der Waals surface area contributed by atoms with Crippen LogP contribution in [0.5, 0.6) is 0 Å². The molecule has 98 valence electrons. The van der Waals surface area contributed by atoms with Crippen molar-refractivity contribution >= 4 is 5.97 Å². The second-order valence-corrected chi connectivity index (χ2v) is 4.82. The zero-order chi connectivity index (χ0) is 13.0. The van der Waals surface area contributed by atoms with Gasteiger partial charge in [0.05, 0.1) is 6.61 Å². The van der Waals surface area contributed by atoms with Crippen LogP contribution in [0, 0.1) is 0 Å². The molecule has 0 saturated heterocycles. The van der Waals surface area contributed by atoms with Gasteiger partial charge in [-0.05, 0) is 32.4 Å². The Morgan fingerprint density at radius 3 is 2.56 bits per heavy atom. The average Bonchev–Trinajstić information content (AvgIpc) is 2.28. The van der Waals surface area contributed by atoms with Crippen molar-refractivity contribution in [3.05, 3.63) is 35.9 Å². The molecule has 1 unspecified atom stereocenters. The van der Waals surface area contributed by atoms with E-state index >= 15 is 0 Å². The second kappa shape index (κ2) is 6.01. The van der Waals surface area contributed by atoms with Crippen molar-refractivity contribution in [1.29, 1.82) is 0 Å². The summed E-state index contributed by atoms with van der Waals surface area (Å²) in [6.07, 6.45) is 3.62. The van der Waals surface area contributed by atoms with Crippen LogP contribution in [0.3, 0.4) is 0 Å². The summed E-state index contributed by atoms with van der Waals surface area (Å²) in [6, 6.07) is 10.1. The fraction of sp³-hybridized carbons (Fsp3) is 0.533. The number of hydrogen-bond acceptors (Lipinski definition) is 3. The van der Waals surface area contributed by atoms with Gasteiger partial charge in [-0.15, -0.1) is 0 Å². The third-order valence-electron chi connectivity index (χ3n) is 3.68. The smallest absolute Gasteiger partial charge is 0.327 e. The third kappa shape index (κ3) is 2.72. The average molecular weight is 247 g/mol. The minimum absolute atomic E-state index is 0.141. The van der Waals surface area contributed by atoms with Gasteiger partial charge in [0, 0.05) is 6.04 Å². The lowest BCUT2D eigenvalue weighted by atomic mass is 9.89. The maximum atomic E-state index is 12.2. The Balaban J connectivity index is 2.19. The lowest BCUT2D eigenvalue weighted by Crippen LogP contribution is -2.43. The Morgan fingerprint density at radius 1 is 1.39 bits per heavy atom. The Labute approximate surface area is 109 Å². The number of carbonyl (C=O) groups excluding carboxylic acids is 1. The van der Waals surface area contributed by atoms with Crippen LogP contribution in [0.4, 0.5) is 0 Å². The van der Waals surface area contributed by atoms with Gasteiger partial charge in [-0.1, -0.05) is 36.8 Å². The van der Waals surface area contributed by atoms with Crippen LogP contribution in [0.25, 0.3) is 0 Å². The molecule has 1 saturated carbocycles. The fourth-order valence-corrected chi connectivity index (χ4v) is 2.40. The lowest BCUT2D eigenvalue weighted by Gasteiger charge is -2.39. The number of hydrogen-bond donors (Lipinski definition) is 0. The molecule has 1 aromatic carbocycles. The highest BCUT2D eigenvalue weighted by molar-refractivity contribution is 5.77. The zero-order valence-electron chi connectivity index (χ0n) is 11.1. The van der Waals surface area contributed by atoms with E-state index in [0.717, 1.165) is 5.56 Å². The predicted octanol–water partition coefficient (Wildman–Crippen LogP) is 2.78. The van der Waals surface area contributed by atoms with Gasteiger partial charge in [-0.3, -0.25) is 4.90 Å². The first kappa shape index (κ1) is 13.1. The Bertz CT molecular complexity index is 387. The largest absolute Gasteiger partial charge is 0.465 e. The van der Waals surface area contributed by atoms with E-state index in [0.29, 0.717) is 12.6 Å². The molecular weight excluding hydrogens is 226 g/mol. The van der Waals surface area contributed by atoms with Gasteiger partial charge in [-0.2, -0.15) is 0 Å². The monoisotopic (exact) mass is 247 g/mol. The van der Waals surface area contributed by atoms with Crippen LogP contribution in [-0.2, 0) is 9.53 Å². The molecule has 2 rings (SSSR count). The molecule has 1 fully saturated rings. The second-order valence-electron chi connectivity index (χ2n) is 4.82. The number of benzene rings is 1. The van der Waals surface area contributed by atoms with Gasteiger partial charge in [0.25, 0.3) is 0 Å². The summed E-state index contributed by atoms with van der Waals surface area (Å²) in [5, 5.41) is 0. The first-order valence-corrected chi connectivity index (χ1v) is 6.67. The summed E-state index contributed by atoms with van der Waals surface area (Å²) in [4.78, 5) is 14.3. The topological polar surface area (TPSA) is 29.5 Å². The van der Waals surface area contributed by atoms with Crippen molar-refractivity contribution in [2.45, 2.75) is 38.3 Å². The highest BCUT2D eigenvalue weighted by Gasteiger charge is 2.33. The van der Waals surface area contributed by atoms with Gasteiger partial charge < -0.3 is 4.74 Å². The molecule has 0 radical (unpaired) electrons. The van der Waals surface area contributed by atoms with Gasteiger partial charge in [0.15, 0.2) is 0 Å². The molecule has 0 amide bonds. The van der Waals surface area contributed by atoms with Gasteiger partial charge in [0.1, 0.15) is 6.04 Å². The molecular formula is C15H21NO2. The molecule has 0 aromatic heterocycles. The fourth-order valence-electron chi connectivity index (χ4n) is 2.40. The number of esters is 1. The minimum atomic E-state index is -0.267. The van der Waals surface area contributed by atoms with E-state index in [1.54, 1.807) is 0 Å². The quantitative estimate of drug-likeness (QED) is 0.749. The SMILES string of the molecule is CCOC(=O)C(c1ccccc1)N(C)C1CCC1. The summed E-state index contributed by atoms with van der Waals surface area (Å²) >= 11 is 0. The minimum Gasteiger partial charge on any atom is -0.465 e. The Morgan fingerprint density at radius 2 is 2.06 bits per heavy atom. The number of ether oxygens (including phenoxy) is 1. The molecule has 0 N–H and O–H groups in total. The molecule has 1 aliphatic rings. The standard InChI is InChI=1S/C15H21NO2/c1-3-18-15(17)14(12-8-5-4-6-9-12)16(2)13-10-7-11-13/h4-6,8-9,13-14H,3,7,10-11H2,1-2H3. The molecule has 0 bridgehead atoms. The van der Waals surface area contributed by atoms with Gasteiger partial charge in [-0.25, -0.2) is 4.79 Å². The van der Waals surface area contributed by atoms with E-state index < -0.39 is 0 Å². The van der Waals surface area contributed by atoms with E-state index in [-0.39, 0.29) is 12.0 Å². The third-order valence-corrected chi connectivity index (χ3v) is 3.68. The maximum absolute atomic E-state index is 12.2. The van der Waals surface area contributed by atoms with E-state index in [9.17, 15) is 4.79 Å². The van der Waals surface area contributed by atoms with Crippen LogP contribution >= 0.6 is 0 Å². The van der Waals surface area contributed by atoms with Crippen LogP contribution in [0.1, 0.15) is 37.8 Å². The van der Waals surface area contributed by atoms with Crippen molar-refractivity contribution in [2.24, 2.45) is 0 Å². The lowest BCUT2D eigenvalue weighted by molar-refractivity contribution is -0.151. The molecule has 0 heterocycles.